The molecule has 1 N–H and O–H groups in total. The predicted octanol–water partition coefficient (Wildman–Crippen LogP) is 1.66. The highest BCUT2D eigenvalue weighted by Gasteiger charge is 2.28. The average Bonchev–Trinajstić information content (AvgIpc) is 2.39. The molecule has 0 amide bonds. The zero-order chi connectivity index (χ0) is 13.0. The van der Waals surface area contributed by atoms with E-state index in [1.165, 1.54) is 32.1 Å². The van der Waals surface area contributed by atoms with Crippen molar-refractivity contribution in [2.45, 2.75) is 45.1 Å². The molecule has 104 valence electrons. The highest BCUT2D eigenvalue weighted by atomic mass is 16.4. The fourth-order valence-corrected chi connectivity index (χ4v) is 3.43. The van der Waals surface area contributed by atoms with Crippen molar-refractivity contribution in [3.63, 3.8) is 0 Å². The maximum absolute atomic E-state index is 10.7. The van der Waals surface area contributed by atoms with Crippen LogP contribution in [0, 0.1) is 5.92 Å². The average molecular weight is 254 g/mol. The van der Waals surface area contributed by atoms with Crippen molar-refractivity contribution in [3.8, 4) is 0 Å². The minimum atomic E-state index is -0.705. The van der Waals surface area contributed by atoms with Crippen LogP contribution in [0.3, 0.4) is 0 Å². The molecule has 2 fully saturated rings. The molecule has 0 aromatic heterocycles. The molecule has 0 aromatic carbocycles. The third kappa shape index (κ3) is 3.69. The molecule has 1 atom stereocenters. The molecule has 4 nitrogen and oxygen atoms in total. The highest BCUT2D eigenvalue weighted by Crippen LogP contribution is 2.29. The molecule has 1 saturated carbocycles. The maximum Gasteiger partial charge on any atom is 0.317 e. The van der Waals surface area contributed by atoms with E-state index in [0.717, 1.165) is 32.1 Å². The van der Waals surface area contributed by atoms with Gasteiger partial charge in [0.25, 0.3) is 0 Å². The van der Waals surface area contributed by atoms with Crippen molar-refractivity contribution in [2.75, 3.05) is 32.7 Å². The summed E-state index contributed by atoms with van der Waals surface area (Å²) < 4.78 is 0. The van der Waals surface area contributed by atoms with Gasteiger partial charge in [-0.15, -0.1) is 0 Å². The van der Waals surface area contributed by atoms with Gasteiger partial charge in [-0.05, 0) is 25.7 Å². The van der Waals surface area contributed by atoms with Crippen molar-refractivity contribution in [1.29, 1.82) is 0 Å². The normalized spacial score (nSPS) is 26.1. The van der Waals surface area contributed by atoms with E-state index in [1.807, 2.05) is 4.90 Å². The third-order valence-electron chi connectivity index (χ3n) is 4.67. The Kier molecular flexibility index (Phi) is 5.01. The van der Waals surface area contributed by atoms with Gasteiger partial charge in [0.05, 0.1) is 6.54 Å². The molecule has 4 heteroatoms. The molecule has 0 radical (unpaired) electrons. The molecule has 18 heavy (non-hydrogen) atoms. The minimum Gasteiger partial charge on any atom is -0.480 e. The minimum absolute atomic E-state index is 0.200. The number of piperazine rings is 1. The third-order valence-corrected chi connectivity index (χ3v) is 4.67. The highest BCUT2D eigenvalue weighted by molar-refractivity contribution is 5.69. The Balaban J connectivity index is 1.76. The Hall–Kier alpha value is -0.610. The van der Waals surface area contributed by atoms with Crippen LogP contribution in [0.4, 0.5) is 0 Å². The van der Waals surface area contributed by atoms with Gasteiger partial charge in [0.1, 0.15) is 0 Å². The molecule has 1 aliphatic carbocycles. The van der Waals surface area contributed by atoms with Crippen LogP contribution >= 0.6 is 0 Å². The molecule has 0 bridgehead atoms. The number of nitrogens with zero attached hydrogens (tertiary/aromatic N) is 2. The quantitative estimate of drug-likeness (QED) is 0.828. The van der Waals surface area contributed by atoms with Gasteiger partial charge >= 0.3 is 5.97 Å². The lowest BCUT2D eigenvalue weighted by atomic mass is 9.84. The number of hydrogen-bond donors (Lipinski definition) is 1. The second-order valence-electron chi connectivity index (χ2n) is 5.84. The Morgan fingerprint density at radius 1 is 1.17 bits per heavy atom. The molecule has 1 aliphatic heterocycles. The molecule has 0 aromatic rings. The molecule has 1 heterocycles. The van der Waals surface area contributed by atoms with Crippen LogP contribution in [0.1, 0.15) is 39.0 Å². The Morgan fingerprint density at radius 2 is 1.78 bits per heavy atom. The van der Waals surface area contributed by atoms with E-state index in [1.54, 1.807) is 0 Å². The van der Waals surface area contributed by atoms with E-state index >= 15 is 0 Å². The summed E-state index contributed by atoms with van der Waals surface area (Å²) in [6, 6.07) is 0.678. The van der Waals surface area contributed by atoms with Crippen molar-refractivity contribution in [2.24, 2.45) is 5.92 Å². The van der Waals surface area contributed by atoms with E-state index in [-0.39, 0.29) is 6.54 Å². The van der Waals surface area contributed by atoms with Crippen LogP contribution in [0.5, 0.6) is 0 Å². The van der Waals surface area contributed by atoms with Gasteiger partial charge in [-0.25, -0.2) is 0 Å². The first-order valence-electron chi connectivity index (χ1n) is 7.35. The molecule has 1 unspecified atom stereocenters. The molecule has 2 aliphatic rings. The molecular weight excluding hydrogens is 228 g/mol. The zero-order valence-electron chi connectivity index (χ0n) is 11.5. The summed E-state index contributed by atoms with van der Waals surface area (Å²) in [5.41, 5.74) is 0. The van der Waals surface area contributed by atoms with Crippen LogP contribution in [0.15, 0.2) is 0 Å². The van der Waals surface area contributed by atoms with Gasteiger partial charge < -0.3 is 5.11 Å². The molecule has 0 spiro atoms. The predicted molar refractivity (Wildman–Crippen MR) is 71.7 cm³/mol. The van der Waals surface area contributed by atoms with E-state index in [4.69, 9.17) is 5.11 Å². The first-order chi connectivity index (χ1) is 8.66. The summed E-state index contributed by atoms with van der Waals surface area (Å²) in [6.07, 6.45) is 6.98. The SMILES string of the molecule is CC(C1CCCCC1)N1CCN(CC(=O)O)CC1. The van der Waals surface area contributed by atoms with Crippen LogP contribution in [0.25, 0.3) is 0 Å². The second kappa shape index (κ2) is 6.53. The smallest absolute Gasteiger partial charge is 0.317 e. The maximum atomic E-state index is 10.7. The van der Waals surface area contributed by atoms with Gasteiger partial charge in [-0.2, -0.15) is 0 Å². The van der Waals surface area contributed by atoms with E-state index in [0.29, 0.717) is 6.04 Å². The number of aliphatic carboxylic acids is 1. The first kappa shape index (κ1) is 13.8. The molecular formula is C14H26N2O2. The van der Waals surface area contributed by atoms with E-state index in [9.17, 15) is 4.79 Å². The largest absolute Gasteiger partial charge is 0.480 e. The van der Waals surface area contributed by atoms with Gasteiger partial charge in [-0.1, -0.05) is 19.3 Å². The summed E-state index contributed by atoms with van der Waals surface area (Å²) in [5, 5.41) is 8.79. The van der Waals surface area contributed by atoms with E-state index in [2.05, 4.69) is 11.8 Å². The summed E-state index contributed by atoms with van der Waals surface area (Å²) >= 11 is 0. The summed E-state index contributed by atoms with van der Waals surface area (Å²) in [5.74, 6) is 0.161. The number of carboxylic acids is 1. The Bertz CT molecular complexity index is 269. The van der Waals surface area contributed by atoms with Crippen molar-refractivity contribution >= 4 is 5.97 Å². The second-order valence-corrected chi connectivity index (χ2v) is 5.84. The summed E-state index contributed by atoms with van der Waals surface area (Å²) in [7, 11) is 0. The molecule has 1 saturated heterocycles. The van der Waals surface area contributed by atoms with Crippen molar-refractivity contribution in [3.05, 3.63) is 0 Å². The zero-order valence-corrected chi connectivity index (χ0v) is 11.5. The summed E-state index contributed by atoms with van der Waals surface area (Å²) in [4.78, 5) is 15.3. The van der Waals surface area contributed by atoms with Crippen molar-refractivity contribution < 1.29 is 9.90 Å². The number of hydrogen-bond acceptors (Lipinski definition) is 3. The van der Waals surface area contributed by atoms with Gasteiger partial charge in [0.2, 0.25) is 0 Å². The van der Waals surface area contributed by atoms with Gasteiger partial charge in [-0.3, -0.25) is 14.6 Å². The first-order valence-corrected chi connectivity index (χ1v) is 7.35. The van der Waals surface area contributed by atoms with Crippen LogP contribution < -0.4 is 0 Å². The lowest BCUT2D eigenvalue weighted by molar-refractivity contribution is -0.138. The van der Waals surface area contributed by atoms with E-state index < -0.39 is 5.97 Å². The lowest BCUT2D eigenvalue weighted by Gasteiger charge is -2.41. The van der Waals surface area contributed by atoms with Gasteiger partial charge in [0.15, 0.2) is 0 Å². The lowest BCUT2D eigenvalue weighted by Crippen LogP contribution is -2.52. The molecule has 2 rings (SSSR count). The van der Waals surface area contributed by atoms with Crippen LogP contribution in [-0.2, 0) is 4.79 Å². The fourth-order valence-electron chi connectivity index (χ4n) is 3.43. The Morgan fingerprint density at radius 3 is 2.33 bits per heavy atom. The topological polar surface area (TPSA) is 43.8 Å². The number of carboxylic acid groups (broad SMARTS) is 1. The fraction of sp³-hybridized carbons (Fsp3) is 0.929. The monoisotopic (exact) mass is 254 g/mol. The van der Waals surface area contributed by atoms with Crippen LogP contribution in [0.2, 0.25) is 0 Å². The Labute approximate surface area is 110 Å². The van der Waals surface area contributed by atoms with Crippen LogP contribution in [-0.4, -0.2) is 59.6 Å². The number of rotatable bonds is 4. The summed E-state index contributed by atoms with van der Waals surface area (Å²) in [6.45, 7) is 6.44. The van der Waals surface area contributed by atoms with Crippen molar-refractivity contribution in [1.82, 2.24) is 9.80 Å². The number of carbonyl (C=O) groups is 1. The van der Waals surface area contributed by atoms with Gasteiger partial charge in [0, 0.05) is 32.2 Å². The standard InChI is InChI=1S/C14H26N2O2/c1-12(13-5-3-2-4-6-13)16-9-7-15(8-10-16)11-14(17)18/h12-13H,2-11H2,1H3,(H,17,18).